The minimum absolute atomic E-state index is 0.0816. The zero-order valence-corrected chi connectivity index (χ0v) is 18.1. The molecule has 0 spiro atoms. The molecule has 166 valence electrons. The summed E-state index contributed by atoms with van der Waals surface area (Å²) >= 11 is 0. The molecule has 0 saturated heterocycles. The summed E-state index contributed by atoms with van der Waals surface area (Å²) in [6.07, 6.45) is 1.48. The van der Waals surface area contributed by atoms with Gasteiger partial charge in [-0.05, 0) is 37.3 Å². The summed E-state index contributed by atoms with van der Waals surface area (Å²) in [6, 6.07) is 20.0. The van der Waals surface area contributed by atoms with Crippen LogP contribution in [0.15, 0.2) is 94.4 Å². The van der Waals surface area contributed by atoms with Crippen LogP contribution >= 0.6 is 0 Å². The lowest BCUT2D eigenvalue weighted by molar-refractivity contribution is -0.387. The molecule has 0 bridgehead atoms. The molecule has 1 aliphatic rings. The monoisotopic (exact) mass is 463 g/mol. The van der Waals surface area contributed by atoms with E-state index in [4.69, 9.17) is 4.18 Å². The zero-order chi connectivity index (χ0) is 23.6. The quantitative estimate of drug-likeness (QED) is 0.234. The van der Waals surface area contributed by atoms with Gasteiger partial charge in [-0.1, -0.05) is 48.5 Å². The Kier molecular flexibility index (Phi) is 5.76. The van der Waals surface area contributed by atoms with Gasteiger partial charge in [0.05, 0.1) is 21.9 Å². The maximum atomic E-state index is 13.0. The van der Waals surface area contributed by atoms with Crippen LogP contribution in [0.3, 0.4) is 0 Å². The predicted molar refractivity (Wildman–Crippen MR) is 122 cm³/mol. The molecule has 3 aromatic rings. The number of nitro groups is 1. The smallest absolute Gasteiger partial charge is 0.346 e. The van der Waals surface area contributed by atoms with E-state index in [9.17, 15) is 23.3 Å². The minimum Gasteiger partial charge on any atom is -0.378 e. The van der Waals surface area contributed by atoms with Gasteiger partial charge in [0, 0.05) is 11.6 Å². The predicted octanol–water partition coefficient (Wildman–Crippen LogP) is 4.17. The lowest BCUT2D eigenvalue weighted by atomic mass is 10.1. The van der Waals surface area contributed by atoms with E-state index >= 15 is 0 Å². The second-order valence-corrected chi connectivity index (χ2v) is 8.51. The average molecular weight is 463 g/mol. The van der Waals surface area contributed by atoms with E-state index in [-0.39, 0.29) is 17.2 Å². The highest BCUT2D eigenvalue weighted by atomic mass is 32.2. The first-order chi connectivity index (χ1) is 15.8. The van der Waals surface area contributed by atoms with Gasteiger partial charge in [-0.2, -0.15) is 18.5 Å². The van der Waals surface area contributed by atoms with Gasteiger partial charge in [0.15, 0.2) is 4.90 Å². The summed E-state index contributed by atoms with van der Waals surface area (Å²) in [5, 5.41) is 16.8. The number of nitro benzene ring substituents is 1. The van der Waals surface area contributed by atoms with Crippen molar-refractivity contribution in [2.24, 2.45) is 5.10 Å². The largest absolute Gasteiger partial charge is 0.378 e. The number of carbonyl (C=O) groups excluding carboxylic acids is 1. The van der Waals surface area contributed by atoms with E-state index in [2.05, 4.69) is 5.10 Å². The number of hydrogen-bond donors (Lipinski definition) is 0. The molecule has 0 radical (unpaired) electrons. The molecule has 0 unspecified atom stereocenters. The number of anilines is 1. The van der Waals surface area contributed by atoms with Crippen LogP contribution in [-0.2, 0) is 14.9 Å². The first-order valence-electron chi connectivity index (χ1n) is 9.71. The third-order valence-corrected chi connectivity index (χ3v) is 6.10. The summed E-state index contributed by atoms with van der Waals surface area (Å²) in [4.78, 5) is 22.9. The van der Waals surface area contributed by atoms with Crippen LogP contribution < -0.4 is 9.19 Å². The number of hydrogen-bond acceptors (Lipinski definition) is 7. The molecule has 0 aliphatic carbocycles. The fourth-order valence-electron chi connectivity index (χ4n) is 3.24. The molecule has 33 heavy (non-hydrogen) atoms. The molecule has 1 heterocycles. The average Bonchev–Trinajstić information content (AvgIpc) is 3.09. The Labute approximate surface area is 189 Å². The van der Waals surface area contributed by atoms with E-state index in [0.29, 0.717) is 17.0 Å². The number of amides is 1. The standard InChI is InChI=1S/C23H17N3O6S/c1-16-19(23(27)25(24-16)18-10-3-2-4-11-18)15-17-9-5-7-13-21(17)32-33(30,31)22-14-8-6-12-20(22)26(28)29/h2-15H,1H3. The molecule has 0 N–H and O–H groups in total. The number of nitrogens with zero attached hydrogens (tertiary/aromatic N) is 3. The van der Waals surface area contributed by atoms with Gasteiger partial charge in [0.25, 0.3) is 11.6 Å². The first kappa shape index (κ1) is 21.9. The molecule has 0 aromatic heterocycles. The van der Waals surface area contributed by atoms with Crippen molar-refractivity contribution in [1.82, 2.24) is 0 Å². The Bertz CT molecular complexity index is 1410. The van der Waals surface area contributed by atoms with E-state index in [1.165, 1.54) is 29.3 Å². The van der Waals surface area contributed by atoms with Gasteiger partial charge >= 0.3 is 10.1 Å². The van der Waals surface area contributed by atoms with Gasteiger partial charge < -0.3 is 4.18 Å². The van der Waals surface area contributed by atoms with Gasteiger partial charge in [0.2, 0.25) is 0 Å². The van der Waals surface area contributed by atoms with Crippen LogP contribution in [0.5, 0.6) is 5.75 Å². The molecule has 0 fully saturated rings. The molecule has 9 nitrogen and oxygen atoms in total. The lowest BCUT2D eigenvalue weighted by Crippen LogP contribution is -2.21. The number of hydrazone groups is 1. The second-order valence-electron chi connectivity index (χ2n) is 7.00. The summed E-state index contributed by atoms with van der Waals surface area (Å²) in [5.41, 5.74) is 1.00. The summed E-state index contributed by atoms with van der Waals surface area (Å²) in [5.74, 6) is -0.461. The molecular formula is C23H17N3O6S. The van der Waals surface area contributed by atoms with E-state index in [1.807, 2.05) is 6.07 Å². The van der Waals surface area contributed by atoms with Crippen LogP contribution in [-0.4, -0.2) is 25.0 Å². The summed E-state index contributed by atoms with van der Waals surface area (Å²) in [6.45, 7) is 1.67. The Morgan fingerprint density at radius 1 is 0.970 bits per heavy atom. The second kappa shape index (κ2) is 8.67. The van der Waals surface area contributed by atoms with Gasteiger partial charge in [-0.25, -0.2) is 0 Å². The molecule has 1 aliphatic heterocycles. The first-order valence-corrected chi connectivity index (χ1v) is 11.1. The van der Waals surface area contributed by atoms with Gasteiger partial charge in [0.1, 0.15) is 5.75 Å². The van der Waals surface area contributed by atoms with Crippen molar-refractivity contribution >= 4 is 39.2 Å². The number of benzene rings is 3. The van der Waals surface area contributed by atoms with Crippen LogP contribution in [0.4, 0.5) is 11.4 Å². The highest BCUT2D eigenvalue weighted by Gasteiger charge is 2.30. The molecule has 3 aromatic carbocycles. The van der Waals surface area contributed by atoms with Crippen LogP contribution in [0.25, 0.3) is 6.08 Å². The molecule has 0 saturated carbocycles. The molecule has 1 amide bonds. The molecular weight excluding hydrogens is 446 g/mol. The molecule has 10 heteroatoms. The van der Waals surface area contributed by atoms with Crippen molar-refractivity contribution in [2.45, 2.75) is 11.8 Å². The summed E-state index contributed by atoms with van der Waals surface area (Å²) in [7, 11) is -4.52. The normalized spacial score (nSPS) is 14.9. The zero-order valence-electron chi connectivity index (χ0n) is 17.3. The van der Waals surface area contributed by atoms with Gasteiger partial charge in [-0.15, -0.1) is 0 Å². The fraction of sp³-hybridized carbons (Fsp3) is 0.0435. The van der Waals surface area contributed by atoms with Gasteiger partial charge in [-0.3, -0.25) is 14.9 Å². The van der Waals surface area contributed by atoms with E-state index in [1.54, 1.807) is 49.4 Å². The van der Waals surface area contributed by atoms with Crippen LogP contribution in [0.2, 0.25) is 0 Å². The van der Waals surface area contributed by atoms with Crippen LogP contribution in [0, 0.1) is 10.1 Å². The third kappa shape index (κ3) is 4.37. The third-order valence-electron chi connectivity index (χ3n) is 4.81. The topological polar surface area (TPSA) is 119 Å². The van der Waals surface area contributed by atoms with Crippen LogP contribution in [0.1, 0.15) is 12.5 Å². The lowest BCUT2D eigenvalue weighted by Gasteiger charge is -2.12. The fourth-order valence-corrected chi connectivity index (χ4v) is 4.36. The maximum absolute atomic E-state index is 13.0. The van der Waals surface area contributed by atoms with E-state index < -0.39 is 25.6 Å². The molecule has 4 rings (SSSR count). The van der Waals surface area contributed by atoms with Crippen molar-refractivity contribution in [3.8, 4) is 5.75 Å². The number of para-hydroxylation sites is 3. The van der Waals surface area contributed by atoms with Crippen molar-refractivity contribution in [3.05, 3.63) is 100 Å². The van der Waals surface area contributed by atoms with Crippen molar-refractivity contribution in [1.29, 1.82) is 0 Å². The highest BCUT2D eigenvalue weighted by molar-refractivity contribution is 7.87. The Morgan fingerprint density at radius 3 is 2.33 bits per heavy atom. The van der Waals surface area contributed by atoms with Crippen molar-refractivity contribution < 1.29 is 22.3 Å². The number of carbonyl (C=O) groups is 1. The van der Waals surface area contributed by atoms with Crippen molar-refractivity contribution in [2.75, 3.05) is 5.01 Å². The SMILES string of the molecule is CC1=NN(c2ccccc2)C(=O)C1=Cc1ccccc1OS(=O)(=O)c1ccccc1[N+](=O)[O-]. The highest BCUT2D eigenvalue weighted by Crippen LogP contribution is 2.31. The van der Waals surface area contributed by atoms with E-state index in [0.717, 1.165) is 12.1 Å². The van der Waals surface area contributed by atoms with Crippen molar-refractivity contribution in [3.63, 3.8) is 0 Å². The molecule has 0 atom stereocenters. The Hall–Kier alpha value is -4.31. The Balaban J connectivity index is 1.70. The number of rotatable bonds is 6. The Morgan fingerprint density at radius 2 is 1.61 bits per heavy atom. The maximum Gasteiger partial charge on any atom is 0.346 e. The minimum atomic E-state index is -4.52. The summed E-state index contributed by atoms with van der Waals surface area (Å²) < 4.78 is 30.9.